The summed E-state index contributed by atoms with van der Waals surface area (Å²) in [6, 6.07) is 2.71. The van der Waals surface area contributed by atoms with Crippen LogP contribution in [0, 0.1) is 0 Å². The minimum absolute atomic E-state index is 0.111. The van der Waals surface area contributed by atoms with Crippen molar-refractivity contribution >= 4 is 15.8 Å². The van der Waals surface area contributed by atoms with Crippen LogP contribution in [0.5, 0.6) is 0 Å². The van der Waals surface area contributed by atoms with Crippen molar-refractivity contribution in [2.45, 2.75) is 11.3 Å². The first-order chi connectivity index (χ1) is 9.06. The summed E-state index contributed by atoms with van der Waals surface area (Å²) in [5.41, 5.74) is 5.44. The highest BCUT2D eigenvalue weighted by Crippen LogP contribution is 2.09. The molecule has 0 amide bonds. The molecule has 0 saturated heterocycles. The lowest BCUT2D eigenvalue weighted by atomic mass is 10.5. The quantitative estimate of drug-likeness (QED) is 0.620. The van der Waals surface area contributed by atoms with Gasteiger partial charge in [0.2, 0.25) is 10.0 Å². The van der Waals surface area contributed by atoms with Crippen molar-refractivity contribution in [2.24, 2.45) is 0 Å². The fourth-order valence-corrected chi connectivity index (χ4v) is 2.40. The van der Waals surface area contributed by atoms with E-state index in [1.54, 1.807) is 7.11 Å². The van der Waals surface area contributed by atoms with Crippen molar-refractivity contribution in [3.8, 4) is 0 Å². The first kappa shape index (κ1) is 15.8. The molecule has 3 N–H and O–H groups in total. The van der Waals surface area contributed by atoms with Crippen LogP contribution in [0.25, 0.3) is 0 Å². The van der Waals surface area contributed by atoms with Crippen molar-refractivity contribution in [1.29, 1.82) is 0 Å². The topological polar surface area (TPSA) is 104 Å². The summed E-state index contributed by atoms with van der Waals surface area (Å²) >= 11 is 0. The molecule has 0 aliphatic carbocycles. The smallest absolute Gasteiger partial charge is 0.240 e. The third kappa shape index (κ3) is 5.97. The third-order valence-electron chi connectivity index (χ3n) is 2.25. The Morgan fingerprint density at radius 3 is 2.84 bits per heavy atom. The van der Waals surface area contributed by atoms with Gasteiger partial charge in [-0.2, -0.15) is 0 Å². The van der Waals surface area contributed by atoms with Crippen molar-refractivity contribution in [1.82, 2.24) is 9.71 Å². The van der Waals surface area contributed by atoms with Crippen LogP contribution in [0.2, 0.25) is 0 Å². The van der Waals surface area contributed by atoms with Gasteiger partial charge in [0.15, 0.2) is 0 Å². The molecule has 0 fully saturated rings. The number of ether oxygens (including phenoxy) is 2. The van der Waals surface area contributed by atoms with E-state index in [-0.39, 0.29) is 10.7 Å². The molecule has 0 aliphatic rings. The molecule has 0 aromatic carbocycles. The van der Waals surface area contributed by atoms with Gasteiger partial charge in [-0.3, -0.25) is 0 Å². The molecule has 8 heteroatoms. The van der Waals surface area contributed by atoms with Crippen LogP contribution >= 0.6 is 0 Å². The van der Waals surface area contributed by atoms with E-state index in [2.05, 4.69) is 9.71 Å². The Kier molecular flexibility index (Phi) is 6.71. The lowest BCUT2D eigenvalue weighted by Crippen LogP contribution is -2.25. The molecule has 0 spiro atoms. The van der Waals surface area contributed by atoms with Gasteiger partial charge in [0, 0.05) is 32.5 Å². The van der Waals surface area contributed by atoms with E-state index in [1.165, 1.54) is 18.3 Å². The van der Waals surface area contributed by atoms with Crippen molar-refractivity contribution in [3.63, 3.8) is 0 Å². The number of hydrogen-bond acceptors (Lipinski definition) is 6. The summed E-state index contributed by atoms with van der Waals surface area (Å²) in [5.74, 6) is 0.172. The number of methoxy groups -OCH3 is 1. The molecule has 0 atom stereocenters. The summed E-state index contributed by atoms with van der Waals surface area (Å²) in [4.78, 5) is 3.86. The third-order valence-corrected chi connectivity index (χ3v) is 3.71. The van der Waals surface area contributed by atoms with Crippen molar-refractivity contribution in [2.75, 3.05) is 39.2 Å². The second-order valence-electron chi connectivity index (χ2n) is 3.77. The molecule has 0 bridgehead atoms. The molecule has 0 unspecified atom stereocenters. The normalized spacial score (nSPS) is 11.6. The minimum Gasteiger partial charge on any atom is -0.384 e. The molecule has 1 rings (SSSR count). The van der Waals surface area contributed by atoms with E-state index >= 15 is 0 Å². The van der Waals surface area contributed by atoms with Gasteiger partial charge in [0.1, 0.15) is 5.82 Å². The number of anilines is 1. The molecule has 0 aliphatic heterocycles. The average Bonchev–Trinajstić information content (AvgIpc) is 2.38. The van der Waals surface area contributed by atoms with Crippen LogP contribution in [0.3, 0.4) is 0 Å². The second kappa shape index (κ2) is 8.05. The number of hydrogen-bond donors (Lipinski definition) is 2. The number of rotatable bonds is 9. The highest BCUT2D eigenvalue weighted by atomic mass is 32.2. The summed E-state index contributed by atoms with van der Waals surface area (Å²) in [6.07, 6.45) is 1.95. The summed E-state index contributed by atoms with van der Waals surface area (Å²) in [7, 11) is -1.94. The number of nitrogens with two attached hydrogens (primary N) is 1. The van der Waals surface area contributed by atoms with Crippen LogP contribution in [-0.4, -0.2) is 46.9 Å². The zero-order valence-corrected chi connectivity index (χ0v) is 11.6. The SMILES string of the molecule is COCCOCCCNS(=O)(=O)c1ccnc(N)c1. The number of nitrogens with one attached hydrogen (secondary N) is 1. The Balaban J connectivity index is 2.32. The Bertz CT molecular complexity index is 479. The van der Waals surface area contributed by atoms with Crippen LogP contribution in [0.15, 0.2) is 23.2 Å². The number of aromatic nitrogens is 1. The number of nitrogen functional groups attached to an aromatic ring is 1. The Morgan fingerprint density at radius 2 is 2.16 bits per heavy atom. The van der Waals surface area contributed by atoms with Gasteiger partial charge in [-0.05, 0) is 12.5 Å². The van der Waals surface area contributed by atoms with Crippen LogP contribution in [0.4, 0.5) is 5.82 Å². The zero-order chi connectivity index (χ0) is 14.1. The summed E-state index contributed by atoms with van der Waals surface area (Å²) in [5, 5.41) is 0. The molecular weight excluding hydrogens is 270 g/mol. The molecule has 108 valence electrons. The standard InChI is InChI=1S/C11H19N3O4S/c1-17-7-8-18-6-2-4-14-19(15,16)10-3-5-13-11(12)9-10/h3,5,9,14H,2,4,6-8H2,1H3,(H2,12,13). The number of pyridine rings is 1. The van der Waals surface area contributed by atoms with E-state index in [1.807, 2.05) is 0 Å². The Labute approximate surface area is 113 Å². The maximum Gasteiger partial charge on any atom is 0.240 e. The number of nitrogens with zero attached hydrogens (tertiary/aromatic N) is 1. The molecule has 19 heavy (non-hydrogen) atoms. The monoisotopic (exact) mass is 289 g/mol. The molecule has 0 radical (unpaired) electrons. The van der Waals surface area contributed by atoms with Gasteiger partial charge in [0.25, 0.3) is 0 Å². The second-order valence-corrected chi connectivity index (χ2v) is 5.54. The van der Waals surface area contributed by atoms with E-state index in [0.29, 0.717) is 32.8 Å². The predicted octanol–water partition coefficient (Wildman–Crippen LogP) is -0.00480. The highest BCUT2D eigenvalue weighted by Gasteiger charge is 2.13. The van der Waals surface area contributed by atoms with Crippen molar-refractivity contribution < 1.29 is 17.9 Å². The van der Waals surface area contributed by atoms with E-state index < -0.39 is 10.0 Å². The van der Waals surface area contributed by atoms with Gasteiger partial charge in [-0.15, -0.1) is 0 Å². The van der Waals surface area contributed by atoms with Gasteiger partial charge < -0.3 is 15.2 Å². The van der Waals surface area contributed by atoms with E-state index in [0.717, 1.165) is 0 Å². The molecule has 1 aromatic rings. The Hall–Kier alpha value is -1.22. The van der Waals surface area contributed by atoms with Crippen LogP contribution in [0.1, 0.15) is 6.42 Å². The molecule has 7 nitrogen and oxygen atoms in total. The van der Waals surface area contributed by atoms with Crippen molar-refractivity contribution in [3.05, 3.63) is 18.3 Å². The minimum atomic E-state index is -3.53. The van der Waals surface area contributed by atoms with Gasteiger partial charge in [0.05, 0.1) is 18.1 Å². The zero-order valence-electron chi connectivity index (χ0n) is 10.8. The molecule has 0 saturated carbocycles. The van der Waals surface area contributed by atoms with Gasteiger partial charge in [-0.25, -0.2) is 18.1 Å². The lowest BCUT2D eigenvalue weighted by Gasteiger charge is -2.07. The van der Waals surface area contributed by atoms with E-state index in [4.69, 9.17) is 15.2 Å². The van der Waals surface area contributed by atoms with Gasteiger partial charge >= 0.3 is 0 Å². The first-order valence-electron chi connectivity index (χ1n) is 5.84. The first-order valence-corrected chi connectivity index (χ1v) is 7.32. The largest absolute Gasteiger partial charge is 0.384 e. The summed E-state index contributed by atoms with van der Waals surface area (Å²) in [6.45, 7) is 1.81. The number of sulfonamides is 1. The fourth-order valence-electron chi connectivity index (χ4n) is 1.30. The molecule has 1 aromatic heterocycles. The average molecular weight is 289 g/mol. The highest BCUT2D eigenvalue weighted by molar-refractivity contribution is 7.89. The van der Waals surface area contributed by atoms with E-state index in [9.17, 15) is 8.42 Å². The maximum atomic E-state index is 11.9. The lowest BCUT2D eigenvalue weighted by molar-refractivity contribution is 0.0699. The summed E-state index contributed by atoms with van der Waals surface area (Å²) < 4.78 is 36.2. The predicted molar refractivity (Wildman–Crippen MR) is 71.1 cm³/mol. The maximum absolute atomic E-state index is 11.9. The fraction of sp³-hybridized carbons (Fsp3) is 0.545. The van der Waals surface area contributed by atoms with Crippen LogP contribution in [-0.2, 0) is 19.5 Å². The molecule has 1 heterocycles. The molecular formula is C11H19N3O4S. The van der Waals surface area contributed by atoms with Gasteiger partial charge in [-0.1, -0.05) is 0 Å². The van der Waals surface area contributed by atoms with Crippen LogP contribution < -0.4 is 10.5 Å². The Morgan fingerprint density at radius 1 is 1.37 bits per heavy atom.